The minimum Gasteiger partial charge on any atom is -0.356 e. The van der Waals surface area contributed by atoms with E-state index in [2.05, 4.69) is 41.8 Å². The van der Waals surface area contributed by atoms with Crippen LogP contribution in [0, 0.1) is 13.8 Å². The summed E-state index contributed by atoms with van der Waals surface area (Å²) in [5.74, 6) is -0.145. The average molecular weight is 444 g/mol. The number of hydrogen-bond donors (Lipinski definition) is 2. The Labute approximate surface area is 199 Å². The molecule has 0 unspecified atom stereocenters. The van der Waals surface area contributed by atoms with E-state index in [1.807, 2.05) is 85.8 Å². The highest BCUT2D eigenvalue weighted by molar-refractivity contribution is 6.14. The number of amides is 1. The van der Waals surface area contributed by atoms with Gasteiger partial charge in [0.05, 0.1) is 16.8 Å². The van der Waals surface area contributed by atoms with E-state index in [9.17, 15) is 4.79 Å². The van der Waals surface area contributed by atoms with Crippen molar-refractivity contribution in [2.75, 3.05) is 10.6 Å². The summed E-state index contributed by atoms with van der Waals surface area (Å²) in [4.78, 5) is 18.4. The summed E-state index contributed by atoms with van der Waals surface area (Å²) in [6.07, 6.45) is 0. The van der Waals surface area contributed by atoms with Gasteiger partial charge in [0.15, 0.2) is 0 Å². The molecule has 0 aliphatic heterocycles. The summed E-state index contributed by atoms with van der Waals surface area (Å²) in [7, 11) is 0. The number of benzene rings is 4. The highest BCUT2D eigenvalue weighted by Gasteiger charge is 2.19. The van der Waals surface area contributed by atoms with Crippen LogP contribution < -0.4 is 10.6 Å². The van der Waals surface area contributed by atoms with Gasteiger partial charge in [-0.25, -0.2) is 4.98 Å². The van der Waals surface area contributed by atoms with Crippen LogP contribution in [-0.4, -0.2) is 10.9 Å². The third-order valence-corrected chi connectivity index (χ3v) is 5.89. The van der Waals surface area contributed by atoms with Crippen molar-refractivity contribution in [2.24, 2.45) is 0 Å². The molecule has 4 nitrogen and oxygen atoms in total. The molecule has 1 aromatic heterocycles. The number of carbonyl (C=O) groups excluding carboxylic acids is 1. The second kappa shape index (κ2) is 9.20. The van der Waals surface area contributed by atoms with Crippen molar-refractivity contribution in [3.8, 4) is 11.3 Å². The summed E-state index contributed by atoms with van der Waals surface area (Å²) >= 11 is 0. The van der Waals surface area contributed by atoms with Gasteiger partial charge >= 0.3 is 0 Å². The molecule has 0 fully saturated rings. The number of anilines is 3. The molecule has 0 spiro atoms. The van der Waals surface area contributed by atoms with Crippen LogP contribution in [0.25, 0.3) is 22.2 Å². The largest absolute Gasteiger partial charge is 0.356 e. The van der Waals surface area contributed by atoms with E-state index in [0.717, 1.165) is 44.8 Å². The fourth-order valence-electron chi connectivity index (χ4n) is 4.11. The SMILES string of the molecule is Cc1ccc(-c2nc3ccccc3c(C(=O)Nc3ccc(Nc4ccccc4)cc3)c2C)cc1. The standard InChI is InChI=1S/C30H25N3O/c1-20-12-14-22(15-13-20)29-21(2)28(26-10-6-7-11-27(26)33-29)30(34)32-25-18-16-24(17-19-25)31-23-8-4-3-5-9-23/h3-19,31H,1-2H3,(H,32,34). The number of pyridine rings is 1. The Kier molecular flexibility index (Phi) is 5.79. The molecule has 34 heavy (non-hydrogen) atoms. The molecule has 2 N–H and O–H groups in total. The first-order chi connectivity index (χ1) is 16.6. The number of nitrogens with zero attached hydrogens (tertiary/aromatic N) is 1. The van der Waals surface area contributed by atoms with Crippen molar-refractivity contribution in [3.05, 3.63) is 120 Å². The number of carbonyl (C=O) groups is 1. The Balaban J connectivity index is 1.47. The molecule has 5 aromatic rings. The van der Waals surface area contributed by atoms with Crippen molar-refractivity contribution in [1.29, 1.82) is 0 Å². The summed E-state index contributed by atoms with van der Waals surface area (Å²) < 4.78 is 0. The molecule has 0 radical (unpaired) electrons. The Bertz CT molecular complexity index is 1460. The van der Waals surface area contributed by atoms with Crippen LogP contribution in [0.15, 0.2) is 103 Å². The first-order valence-corrected chi connectivity index (χ1v) is 11.3. The molecular formula is C30H25N3O. The van der Waals surface area contributed by atoms with Crippen LogP contribution in [0.3, 0.4) is 0 Å². The second-order valence-electron chi connectivity index (χ2n) is 8.37. The molecule has 166 valence electrons. The zero-order valence-electron chi connectivity index (χ0n) is 19.2. The number of aryl methyl sites for hydroxylation is 1. The van der Waals surface area contributed by atoms with Crippen molar-refractivity contribution in [3.63, 3.8) is 0 Å². The van der Waals surface area contributed by atoms with Crippen molar-refractivity contribution in [2.45, 2.75) is 13.8 Å². The first kappa shape index (κ1) is 21.4. The van der Waals surface area contributed by atoms with E-state index in [-0.39, 0.29) is 5.91 Å². The van der Waals surface area contributed by atoms with Gasteiger partial charge in [-0.05, 0) is 61.9 Å². The third kappa shape index (κ3) is 4.39. The molecule has 1 amide bonds. The molecule has 0 atom stereocenters. The van der Waals surface area contributed by atoms with Crippen LogP contribution in [0.5, 0.6) is 0 Å². The maximum atomic E-state index is 13.5. The van der Waals surface area contributed by atoms with Gasteiger partial charge in [0, 0.05) is 28.0 Å². The summed E-state index contributed by atoms with van der Waals surface area (Å²) in [5.41, 5.74) is 8.03. The lowest BCUT2D eigenvalue weighted by atomic mass is 9.96. The van der Waals surface area contributed by atoms with Crippen molar-refractivity contribution < 1.29 is 4.79 Å². The first-order valence-electron chi connectivity index (χ1n) is 11.3. The van der Waals surface area contributed by atoms with Crippen LogP contribution in [0.2, 0.25) is 0 Å². The zero-order chi connectivity index (χ0) is 23.5. The zero-order valence-corrected chi connectivity index (χ0v) is 19.2. The quantitative estimate of drug-likeness (QED) is 0.295. The third-order valence-electron chi connectivity index (χ3n) is 5.89. The van der Waals surface area contributed by atoms with E-state index in [0.29, 0.717) is 5.56 Å². The number of aromatic nitrogens is 1. The van der Waals surface area contributed by atoms with Crippen LogP contribution >= 0.6 is 0 Å². The molecule has 5 rings (SSSR count). The van der Waals surface area contributed by atoms with Crippen molar-refractivity contribution >= 4 is 33.9 Å². The predicted octanol–water partition coefficient (Wildman–Crippen LogP) is 7.51. The number of para-hydroxylation sites is 2. The van der Waals surface area contributed by atoms with E-state index < -0.39 is 0 Å². The summed E-state index contributed by atoms with van der Waals surface area (Å²) in [6.45, 7) is 4.03. The minimum atomic E-state index is -0.145. The Morgan fingerprint density at radius 3 is 2.03 bits per heavy atom. The number of nitrogens with one attached hydrogen (secondary N) is 2. The smallest absolute Gasteiger partial charge is 0.256 e. The Hall–Kier alpha value is -4.44. The lowest BCUT2D eigenvalue weighted by molar-refractivity contribution is 0.102. The molecule has 0 bridgehead atoms. The highest BCUT2D eigenvalue weighted by atomic mass is 16.1. The van der Waals surface area contributed by atoms with Gasteiger partial charge in [-0.2, -0.15) is 0 Å². The minimum absolute atomic E-state index is 0.145. The number of fused-ring (bicyclic) bond motifs is 1. The average Bonchev–Trinajstić information content (AvgIpc) is 2.86. The van der Waals surface area contributed by atoms with Gasteiger partial charge in [-0.1, -0.05) is 66.2 Å². The Morgan fingerprint density at radius 1 is 0.676 bits per heavy atom. The number of hydrogen-bond acceptors (Lipinski definition) is 3. The van der Waals surface area contributed by atoms with E-state index in [1.54, 1.807) is 0 Å². The molecule has 4 aromatic carbocycles. The summed E-state index contributed by atoms with van der Waals surface area (Å²) in [5, 5.41) is 7.28. The molecule has 0 aliphatic carbocycles. The maximum Gasteiger partial charge on any atom is 0.256 e. The van der Waals surface area contributed by atoms with Gasteiger partial charge < -0.3 is 10.6 Å². The molecule has 1 heterocycles. The van der Waals surface area contributed by atoms with Gasteiger partial charge in [0.2, 0.25) is 0 Å². The van der Waals surface area contributed by atoms with Crippen LogP contribution in [0.4, 0.5) is 17.1 Å². The topological polar surface area (TPSA) is 54.0 Å². The van der Waals surface area contributed by atoms with Gasteiger partial charge in [-0.15, -0.1) is 0 Å². The molecule has 0 aliphatic rings. The highest BCUT2D eigenvalue weighted by Crippen LogP contribution is 2.30. The second-order valence-corrected chi connectivity index (χ2v) is 8.37. The van der Waals surface area contributed by atoms with E-state index >= 15 is 0 Å². The molecular weight excluding hydrogens is 418 g/mol. The normalized spacial score (nSPS) is 10.8. The lowest BCUT2D eigenvalue weighted by Crippen LogP contribution is -2.15. The predicted molar refractivity (Wildman–Crippen MR) is 141 cm³/mol. The van der Waals surface area contributed by atoms with Gasteiger partial charge in [0.1, 0.15) is 0 Å². The van der Waals surface area contributed by atoms with Crippen LogP contribution in [0.1, 0.15) is 21.5 Å². The van der Waals surface area contributed by atoms with E-state index in [1.165, 1.54) is 5.56 Å². The molecule has 0 saturated heterocycles. The molecule has 4 heteroatoms. The fourth-order valence-corrected chi connectivity index (χ4v) is 4.11. The fraction of sp³-hybridized carbons (Fsp3) is 0.0667. The number of rotatable bonds is 5. The lowest BCUT2D eigenvalue weighted by Gasteiger charge is -2.15. The van der Waals surface area contributed by atoms with Crippen molar-refractivity contribution in [1.82, 2.24) is 4.98 Å². The van der Waals surface area contributed by atoms with Gasteiger partial charge in [0.25, 0.3) is 5.91 Å². The summed E-state index contributed by atoms with van der Waals surface area (Å²) in [6, 6.07) is 33.7. The maximum absolute atomic E-state index is 13.5. The Morgan fingerprint density at radius 2 is 1.29 bits per heavy atom. The van der Waals surface area contributed by atoms with E-state index in [4.69, 9.17) is 4.98 Å². The van der Waals surface area contributed by atoms with Crippen LogP contribution in [-0.2, 0) is 0 Å². The van der Waals surface area contributed by atoms with Gasteiger partial charge in [-0.3, -0.25) is 4.79 Å². The molecule has 0 saturated carbocycles. The monoisotopic (exact) mass is 443 g/mol.